The fourth-order valence-electron chi connectivity index (χ4n) is 3.96. The highest BCUT2D eigenvalue weighted by Gasteiger charge is 2.25. The first kappa shape index (κ1) is 19.6. The van der Waals surface area contributed by atoms with Crippen molar-refractivity contribution in [2.45, 2.75) is 38.3 Å². The van der Waals surface area contributed by atoms with Gasteiger partial charge in [-0.15, -0.1) is 0 Å². The van der Waals surface area contributed by atoms with Crippen LogP contribution in [0.2, 0.25) is 0 Å². The first-order valence-electron chi connectivity index (χ1n) is 10.2. The van der Waals surface area contributed by atoms with Crippen LogP contribution in [0.25, 0.3) is 11.1 Å². The number of benzene rings is 3. The molecule has 4 rings (SSSR count). The SMILES string of the molecule is Fc1ccccc1CN(C(=S)Nc1ccc(-c2ccccc2)cc1)C1CCCC1. The molecule has 1 saturated carbocycles. The van der Waals surface area contributed by atoms with E-state index in [2.05, 4.69) is 34.5 Å². The van der Waals surface area contributed by atoms with E-state index in [0.29, 0.717) is 23.3 Å². The Bertz CT molecular complexity index is 950. The van der Waals surface area contributed by atoms with Crippen LogP contribution in [0, 0.1) is 5.82 Å². The summed E-state index contributed by atoms with van der Waals surface area (Å²) in [4.78, 5) is 2.16. The molecule has 148 valence electrons. The zero-order chi connectivity index (χ0) is 20.1. The van der Waals surface area contributed by atoms with E-state index in [0.717, 1.165) is 18.5 Å². The first-order valence-corrected chi connectivity index (χ1v) is 10.6. The van der Waals surface area contributed by atoms with Gasteiger partial charge < -0.3 is 10.2 Å². The maximum absolute atomic E-state index is 14.2. The number of rotatable bonds is 5. The minimum absolute atomic E-state index is 0.175. The van der Waals surface area contributed by atoms with Crippen molar-refractivity contribution in [1.29, 1.82) is 0 Å². The van der Waals surface area contributed by atoms with Gasteiger partial charge in [-0.05, 0) is 54.4 Å². The summed E-state index contributed by atoms with van der Waals surface area (Å²) in [5, 5.41) is 4.03. The van der Waals surface area contributed by atoms with E-state index in [1.165, 1.54) is 30.0 Å². The Labute approximate surface area is 177 Å². The van der Waals surface area contributed by atoms with Gasteiger partial charge in [0.2, 0.25) is 0 Å². The van der Waals surface area contributed by atoms with Crippen molar-refractivity contribution in [3.8, 4) is 11.1 Å². The average molecular weight is 405 g/mol. The Morgan fingerprint density at radius 2 is 1.48 bits per heavy atom. The van der Waals surface area contributed by atoms with Crippen LogP contribution in [0.15, 0.2) is 78.9 Å². The Hall–Kier alpha value is -2.72. The fourth-order valence-corrected chi connectivity index (χ4v) is 4.30. The highest BCUT2D eigenvalue weighted by Crippen LogP contribution is 2.27. The third kappa shape index (κ3) is 4.83. The van der Waals surface area contributed by atoms with Crippen LogP contribution in [-0.2, 0) is 6.54 Å². The third-order valence-electron chi connectivity index (χ3n) is 5.57. The minimum atomic E-state index is -0.175. The average Bonchev–Trinajstić information content (AvgIpc) is 3.29. The molecule has 0 radical (unpaired) electrons. The monoisotopic (exact) mass is 404 g/mol. The van der Waals surface area contributed by atoms with Crippen LogP contribution >= 0.6 is 12.2 Å². The summed E-state index contributed by atoms with van der Waals surface area (Å²) in [6.45, 7) is 0.491. The molecule has 0 amide bonds. The second-order valence-corrected chi connectivity index (χ2v) is 7.92. The molecule has 0 aliphatic heterocycles. The zero-order valence-electron chi connectivity index (χ0n) is 16.4. The van der Waals surface area contributed by atoms with Gasteiger partial charge in [-0.25, -0.2) is 4.39 Å². The molecule has 3 aromatic rings. The van der Waals surface area contributed by atoms with E-state index in [4.69, 9.17) is 12.2 Å². The van der Waals surface area contributed by atoms with E-state index >= 15 is 0 Å². The maximum Gasteiger partial charge on any atom is 0.173 e. The smallest absolute Gasteiger partial charge is 0.173 e. The normalized spacial score (nSPS) is 14.0. The third-order valence-corrected chi connectivity index (χ3v) is 5.90. The minimum Gasteiger partial charge on any atom is -0.342 e. The summed E-state index contributed by atoms with van der Waals surface area (Å²) in [6, 6.07) is 25.9. The Morgan fingerprint density at radius 1 is 0.862 bits per heavy atom. The molecule has 1 N–H and O–H groups in total. The van der Waals surface area contributed by atoms with E-state index in [1.807, 2.05) is 42.5 Å². The second-order valence-electron chi connectivity index (χ2n) is 7.53. The van der Waals surface area contributed by atoms with Gasteiger partial charge in [-0.1, -0.05) is 73.5 Å². The quantitative estimate of drug-likeness (QED) is 0.480. The van der Waals surface area contributed by atoms with Crippen LogP contribution in [-0.4, -0.2) is 16.1 Å². The predicted molar refractivity (Wildman–Crippen MR) is 122 cm³/mol. The molecular weight excluding hydrogens is 379 g/mol. The van der Waals surface area contributed by atoms with Crippen molar-refractivity contribution in [2.24, 2.45) is 0 Å². The van der Waals surface area contributed by atoms with Crippen LogP contribution in [0.5, 0.6) is 0 Å². The molecule has 0 atom stereocenters. The fraction of sp³-hybridized carbons (Fsp3) is 0.240. The predicted octanol–water partition coefficient (Wildman–Crippen LogP) is 6.63. The Morgan fingerprint density at radius 3 is 2.17 bits per heavy atom. The number of halogens is 1. The molecule has 29 heavy (non-hydrogen) atoms. The topological polar surface area (TPSA) is 15.3 Å². The molecule has 0 unspecified atom stereocenters. The first-order chi connectivity index (χ1) is 14.2. The van der Waals surface area contributed by atoms with E-state index in [-0.39, 0.29) is 5.82 Å². The van der Waals surface area contributed by atoms with Gasteiger partial charge in [0.25, 0.3) is 0 Å². The lowest BCUT2D eigenvalue weighted by Crippen LogP contribution is -2.41. The van der Waals surface area contributed by atoms with Crippen LogP contribution < -0.4 is 5.32 Å². The van der Waals surface area contributed by atoms with Crippen molar-refractivity contribution in [1.82, 2.24) is 4.90 Å². The lowest BCUT2D eigenvalue weighted by molar-refractivity contribution is 0.308. The van der Waals surface area contributed by atoms with Crippen molar-refractivity contribution in [3.05, 3.63) is 90.2 Å². The van der Waals surface area contributed by atoms with Crippen molar-refractivity contribution >= 4 is 23.0 Å². The molecule has 1 aliphatic carbocycles. The lowest BCUT2D eigenvalue weighted by Gasteiger charge is -2.32. The summed E-state index contributed by atoms with van der Waals surface area (Å²) in [7, 11) is 0. The number of hydrogen-bond acceptors (Lipinski definition) is 1. The highest BCUT2D eigenvalue weighted by molar-refractivity contribution is 7.80. The van der Waals surface area contributed by atoms with Crippen LogP contribution in [0.1, 0.15) is 31.2 Å². The summed E-state index contributed by atoms with van der Waals surface area (Å²) in [5.41, 5.74) is 3.99. The number of hydrogen-bond donors (Lipinski definition) is 1. The molecule has 0 bridgehead atoms. The molecular formula is C25H25FN2S. The Balaban J connectivity index is 1.49. The van der Waals surface area contributed by atoms with Gasteiger partial charge in [0, 0.05) is 23.8 Å². The van der Waals surface area contributed by atoms with Gasteiger partial charge in [0.15, 0.2) is 5.11 Å². The number of nitrogens with one attached hydrogen (secondary N) is 1. The lowest BCUT2D eigenvalue weighted by atomic mass is 10.1. The highest BCUT2D eigenvalue weighted by atomic mass is 32.1. The van der Waals surface area contributed by atoms with Crippen LogP contribution in [0.4, 0.5) is 10.1 Å². The van der Waals surface area contributed by atoms with E-state index in [1.54, 1.807) is 6.07 Å². The maximum atomic E-state index is 14.2. The van der Waals surface area contributed by atoms with E-state index in [9.17, 15) is 4.39 Å². The van der Waals surface area contributed by atoms with Crippen LogP contribution in [0.3, 0.4) is 0 Å². The van der Waals surface area contributed by atoms with Gasteiger partial charge in [0.1, 0.15) is 5.82 Å². The van der Waals surface area contributed by atoms with Gasteiger partial charge in [-0.3, -0.25) is 0 Å². The standard InChI is InChI=1S/C25H25FN2S/c26-24-13-7-4-10-21(24)18-28(23-11-5-6-12-23)25(29)27-22-16-14-20(15-17-22)19-8-2-1-3-9-19/h1-4,7-10,13-17,23H,5-6,11-12,18H2,(H,27,29). The second kappa shape index (κ2) is 9.19. The summed E-state index contributed by atoms with van der Waals surface area (Å²) >= 11 is 5.76. The van der Waals surface area contributed by atoms with Gasteiger partial charge >= 0.3 is 0 Å². The van der Waals surface area contributed by atoms with E-state index < -0.39 is 0 Å². The molecule has 0 spiro atoms. The summed E-state index contributed by atoms with van der Waals surface area (Å²) in [5.74, 6) is -0.175. The Kier molecular flexibility index (Phi) is 6.20. The zero-order valence-corrected chi connectivity index (χ0v) is 17.2. The molecule has 0 aromatic heterocycles. The molecule has 1 fully saturated rings. The van der Waals surface area contributed by atoms with Crippen molar-refractivity contribution in [3.63, 3.8) is 0 Å². The van der Waals surface area contributed by atoms with Crippen molar-refractivity contribution in [2.75, 3.05) is 5.32 Å². The molecule has 1 aliphatic rings. The number of anilines is 1. The molecule has 0 heterocycles. The molecule has 2 nitrogen and oxygen atoms in total. The number of thiocarbonyl (C=S) groups is 1. The molecule has 3 aromatic carbocycles. The summed E-state index contributed by atoms with van der Waals surface area (Å²) < 4.78 is 14.2. The molecule has 4 heteroatoms. The van der Waals surface area contributed by atoms with Gasteiger partial charge in [0.05, 0.1) is 0 Å². The summed E-state index contributed by atoms with van der Waals surface area (Å²) in [6.07, 6.45) is 4.60. The molecule has 0 saturated heterocycles. The number of nitrogens with zero attached hydrogens (tertiary/aromatic N) is 1. The largest absolute Gasteiger partial charge is 0.342 e. The van der Waals surface area contributed by atoms with Gasteiger partial charge in [-0.2, -0.15) is 0 Å². The van der Waals surface area contributed by atoms with Crippen molar-refractivity contribution < 1.29 is 4.39 Å².